The van der Waals surface area contributed by atoms with Gasteiger partial charge >= 0.3 is 0 Å². The van der Waals surface area contributed by atoms with E-state index in [1.165, 1.54) is 6.20 Å². The number of nitrogens with one attached hydrogen (secondary N) is 1. The van der Waals surface area contributed by atoms with Crippen LogP contribution in [0.2, 0.25) is 5.15 Å². The summed E-state index contributed by atoms with van der Waals surface area (Å²) in [5, 5.41) is 3.54. The molecule has 1 aromatic rings. The Balaban J connectivity index is 2.33. The summed E-state index contributed by atoms with van der Waals surface area (Å²) < 4.78 is 0. The summed E-state index contributed by atoms with van der Waals surface area (Å²) in [6.07, 6.45) is 3.15. The highest BCUT2D eigenvalue weighted by Crippen LogP contribution is 2.04. The van der Waals surface area contributed by atoms with Gasteiger partial charge in [-0.2, -0.15) is 0 Å². The van der Waals surface area contributed by atoms with E-state index < -0.39 is 0 Å². The van der Waals surface area contributed by atoms with Crippen molar-refractivity contribution in [2.75, 3.05) is 32.5 Å². The molecule has 0 saturated carbocycles. The molecule has 0 unspecified atom stereocenters. The first-order valence-electron chi connectivity index (χ1n) is 4.04. The molecule has 0 amide bonds. The molecule has 0 aliphatic heterocycles. The number of hydrogen-bond acceptors (Lipinski definition) is 4. The summed E-state index contributed by atoms with van der Waals surface area (Å²) in [6, 6.07) is 0. The summed E-state index contributed by atoms with van der Waals surface area (Å²) in [5.41, 5.74) is 0. The number of anilines is 1. The van der Waals surface area contributed by atoms with Gasteiger partial charge in [-0.05, 0) is 14.1 Å². The van der Waals surface area contributed by atoms with Crippen molar-refractivity contribution in [3.8, 4) is 0 Å². The molecule has 0 atom stereocenters. The number of nitrogens with zero attached hydrogens (tertiary/aromatic N) is 3. The van der Waals surface area contributed by atoms with Gasteiger partial charge in [0, 0.05) is 13.1 Å². The molecule has 0 aliphatic carbocycles. The fourth-order valence-corrected chi connectivity index (χ4v) is 0.909. The van der Waals surface area contributed by atoms with Crippen LogP contribution >= 0.6 is 11.6 Å². The summed E-state index contributed by atoms with van der Waals surface area (Å²) in [7, 11) is 4.05. The Bertz CT molecular complexity index is 247. The van der Waals surface area contributed by atoms with E-state index in [9.17, 15) is 0 Å². The van der Waals surface area contributed by atoms with Gasteiger partial charge in [-0.15, -0.1) is 0 Å². The fourth-order valence-electron chi connectivity index (χ4n) is 0.811. The molecule has 0 fully saturated rings. The molecule has 1 N–H and O–H groups in total. The molecule has 0 radical (unpaired) electrons. The van der Waals surface area contributed by atoms with Gasteiger partial charge in [-0.25, -0.2) is 9.97 Å². The van der Waals surface area contributed by atoms with Crippen LogP contribution in [0.15, 0.2) is 12.4 Å². The molecule has 4 nitrogen and oxygen atoms in total. The fraction of sp³-hybridized carbons (Fsp3) is 0.500. The standard InChI is InChI=1S/C8H13ClN4/c1-13(2)4-3-10-8-6-11-7(9)5-12-8/h5-6H,3-4H2,1-2H3,(H,10,12). The van der Waals surface area contributed by atoms with Crippen LogP contribution in [-0.4, -0.2) is 42.1 Å². The third-order valence-electron chi connectivity index (χ3n) is 1.49. The van der Waals surface area contributed by atoms with Crippen LogP contribution in [0.4, 0.5) is 5.82 Å². The molecule has 5 heteroatoms. The van der Waals surface area contributed by atoms with Crippen LogP contribution in [0.3, 0.4) is 0 Å². The van der Waals surface area contributed by atoms with Gasteiger partial charge < -0.3 is 10.2 Å². The van der Waals surface area contributed by atoms with Crippen LogP contribution in [0.25, 0.3) is 0 Å². The van der Waals surface area contributed by atoms with E-state index in [1.54, 1.807) is 6.20 Å². The molecular formula is C8H13ClN4. The Kier molecular flexibility index (Phi) is 3.92. The molecule has 72 valence electrons. The predicted molar refractivity (Wildman–Crippen MR) is 54.1 cm³/mol. The van der Waals surface area contributed by atoms with Crippen molar-refractivity contribution in [3.05, 3.63) is 17.5 Å². The highest BCUT2D eigenvalue weighted by atomic mass is 35.5. The molecule has 0 saturated heterocycles. The van der Waals surface area contributed by atoms with Crippen LogP contribution < -0.4 is 5.32 Å². The lowest BCUT2D eigenvalue weighted by Gasteiger charge is -2.10. The van der Waals surface area contributed by atoms with Gasteiger partial charge in [0.15, 0.2) is 0 Å². The molecular weight excluding hydrogens is 188 g/mol. The van der Waals surface area contributed by atoms with Crippen molar-refractivity contribution in [3.63, 3.8) is 0 Å². The SMILES string of the molecule is CN(C)CCNc1cnc(Cl)cn1. The van der Waals surface area contributed by atoms with Crippen LogP contribution in [-0.2, 0) is 0 Å². The molecule has 1 heterocycles. The predicted octanol–water partition coefficient (Wildman–Crippen LogP) is 1.10. The minimum atomic E-state index is 0.415. The van der Waals surface area contributed by atoms with Gasteiger partial charge in [0.25, 0.3) is 0 Å². The van der Waals surface area contributed by atoms with E-state index in [0.717, 1.165) is 18.9 Å². The van der Waals surface area contributed by atoms with Crippen molar-refractivity contribution < 1.29 is 0 Å². The van der Waals surface area contributed by atoms with Crippen molar-refractivity contribution >= 4 is 17.4 Å². The van der Waals surface area contributed by atoms with Crippen LogP contribution in [0.5, 0.6) is 0 Å². The van der Waals surface area contributed by atoms with E-state index in [0.29, 0.717) is 5.15 Å². The highest BCUT2D eigenvalue weighted by molar-refractivity contribution is 6.29. The minimum absolute atomic E-state index is 0.415. The number of hydrogen-bond donors (Lipinski definition) is 1. The van der Waals surface area contributed by atoms with Crippen molar-refractivity contribution in [1.82, 2.24) is 14.9 Å². The largest absolute Gasteiger partial charge is 0.368 e. The minimum Gasteiger partial charge on any atom is -0.368 e. The van der Waals surface area contributed by atoms with E-state index in [-0.39, 0.29) is 0 Å². The number of likely N-dealkylation sites (N-methyl/N-ethyl adjacent to an activating group) is 1. The third-order valence-corrected chi connectivity index (χ3v) is 1.68. The Hall–Kier alpha value is -0.870. The number of rotatable bonds is 4. The van der Waals surface area contributed by atoms with E-state index >= 15 is 0 Å². The highest BCUT2D eigenvalue weighted by Gasteiger charge is 1.94. The Morgan fingerprint density at radius 1 is 1.38 bits per heavy atom. The molecule has 13 heavy (non-hydrogen) atoms. The molecule has 1 rings (SSSR count). The first-order chi connectivity index (χ1) is 6.18. The summed E-state index contributed by atoms with van der Waals surface area (Å²) in [4.78, 5) is 10.0. The van der Waals surface area contributed by atoms with E-state index in [1.807, 2.05) is 14.1 Å². The maximum atomic E-state index is 5.59. The summed E-state index contributed by atoms with van der Waals surface area (Å²) in [6.45, 7) is 1.81. The monoisotopic (exact) mass is 200 g/mol. The zero-order chi connectivity index (χ0) is 9.68. The smallest absolute Gasteiger partial charge is 0.147 e. The van der Waals surface area contributed by atoms with Crippen LogP contribution in [0, 0.1) is 0 Å². The first kappa shape index (κ1) is 10.2. The second kappa shape index (κ2) is 4.99. The lowest BCUT2D eigenvalue weighted by atomic mass is 10.5. The van der Waals surface area contributed by atoms with Gasteiger partial charge in [0.1, 0.15) is 11.0 Å². The zero-order valence-corrected chi connectivity index (χ0v) is 8.54. The lowest BCUT2D eigenvalue weighted by Crippen LogP contribution is -2.21. The first-order valence-corrected chi connectivity index (χ1v) is 4.42. The maximum absolute atomic E-state index is 5.59. The lowest BCUT2D eigenvalue weighted by molar-refractivity contribution is 0.425. The maximum Gasteiger partial charge on any atom is 0.147 e. The summed E-state index contributed by atoms with van der Waals surface area (Å²) >= 11 is 5.59. The molecule has 0 aromatic carbocycles. The number of aromatic nitrogens is 2. The third kappa shape index (κ3) is 4.05. The molecule has 0 bridgehead atoms. The molecule has 0 spiro atoms. The van der Waals surface area contributed by atoms with E-state index in [4.69, 9.17) is 11.6 Å². The second-order valence-electron chi connectivity index (χ2n) is 2.95. The Morgan fingerprint density at radius 2 is 2.15 bits per heavy atom. The van der Waals surface area contributed by atoms with Gasteiger partial charge in [0.05, 0.1) is 12.4 Å². The van der Waals surface area contributed by atoms with Gasteiger partial charge in [0.2, 0.25) is 0 Å². The van der Waals surface area contributed by atoms with E-state index in [2.05, 4.69) is 20.2 Å². The quantitative estimate of drug-likeness (QED) is 0.791. The summed E-state index contributed by atoms with van der Waals surface area (Å²) in [5.74, 6) is 0.756. The number of halogens is 1. The topological polar surface area (TPSA) is 41.0 Å². The Morgan fingerprint density at radius 3 is 2.69 bits per heavy atom. The average molecular weight is 201 g/mol. The van der Waals surface area contributed by atoms with Gasteiger partial charge in [-0.3, -0.25) is 0 Å². The van der Waals surface area contributed by atoms with Crippen molar-refractivity contribution in [2.45, 2.75) is 0 Å². The zero-order valence-electron chi connectivity index (χ0n) is 7.79. The Labute approximate surface area is 82.9 Å². The van der Waals surface area contributed by atoms with Crippen LogP contribution in [0.1, 0.15) is 0 Å². The molecule has 1 aromatic heterocycles. The van der Waals surface area contributed by atoms with Crippen molar-refractivity contribution in [2.24, 2.45) is 0 Å². The average Bonchev–Trinajstić information content (AvgIpc) is 2.08. The van der Waals surface area contributed by atoms with Crippen molar-refractivity contribution in [1.29, 1.82) is 0 Å². The normalized spacial score (nSPS) is 10.5. The van der Waals surface area contributed by atoms with Gasteiger partial charge in [-0.1, -0.05) is 11.6 Å². The second-order valence-corrected chi connectivity index (χ2v) is 3.34. The molecule has 0 aliphatic rings.